The predicted molar refractivity (Wildman–Crippen MR) is 69.1 cm³/mol. The maximum atomic E-state index is 10.5. The number of hydrogen-bond donors (Lipinski definition) is 4. The number of rotatable bonds is 4. The van der Waals surface area contributed by atoms with E-state index in [9.17, 15) is 20.3 Å². The summed E-state index contributed by atoms with van der Waals surface area (Å²) in [6.45, 7) is -0.262. The first-order valence-electron chi connectivity index (χ1n) is 6.14. The van der Waals surface area contributed by atoms with E-state index in [1.807, 2.05) is 0 Å². The zero-order valence-corrected chi connectivity index (χ0v) is 10.5. The number of aliphatic hydroxyl groups is 3. The van der Waals surface area contributed by atoms with Crippen LogP contribution in [0, 0.1) is 10.1 Å². The minimum atomic E-state index is -1.15. The summed E-state index contributed by atoms with van der Waals surface area (Å²) in [7, 11) is 0. The van der Waals surface area contributed by atoms with Gasteiger partial charge in [-0.2, -0.15) is 0 Å². The summed E-state index contributed by atoms with van der Waals surface area (Å²) in [5.41, 5.74) is 0.458. The van der Waals surface area contributed by atoms with E-state index in [-0.39, 0.29) is 18.7 Å². The molecule has 0 saturated carbocycles. The molecule has 4 atom stereocenters. The molecule has 8 heteroatoms. The van der Waals surface area contributed by atoms with Gasteiger partial charge in [0.25, 0.3) is 5.69 Å². The molecular formula is C12H16N2O6. The molecular weight excluding hydrogens is 268 g/mol. The molecule has 0 amide bonds. The zero-order chi connectivity index (χ0) is 14.7. The third-order valence-electron chi connectivity index (χ3n) is 3.14. The smallest absolute Gasteiger partial charge is 0.269 e. The van der Waals surface area contributed by atoms with Gasteiger partial charge in [0.05, 0.1) is 23.7 Å². The van der Waals surface area contributed by atoms with Crippen LogP contribution in [-0.4, -0.2) is 51.4 Å². The van der Waals surface area contributed by atoms with Crippen molar-refractivity contribution in [3.05, 3.63) is 34.4 Å². The molecule has 1 heterocycles. The van der Waals surface area contributed by atoms with E-state index < -0.39 is 29.5 Å². The van der Waals surface area contributed by atoms with Crippen molar-refractivity contribution in [2.45, 2.75) is 31.0 Å². The predicted octanol–water partition coefficient (Wildman–Crippen LogP) is -0.164. The Bertz CT molecular complexity index is 466. The van der Waals surface area contributed by atoms with Crippen molar-refractivity contribution in [2.75, 3.05) is 11.9 Å². The first-order valence-corrected chi connectivity index (χ1v) is 6.14. The van der Waals surface area contributed by atoms with Gasteiger partial charge in [-0.3, -0.25) is 10.1 Å². The molecule has 1 aliphatic rings. The fourth-order valence-corrected chi connectivity index (χ4v) is 2.03. The monoisotopic (exact) mass is 284 g/mol. The Morgan fingerprint density at radius 3 is 2.55 bits per heavy atom. The lowest BCUT2D eigenvalue weighted by Gasteiger charge is -2.37. The van der Waals surface area contributed by atoms with Crippen molar-refractivity contribution in [3.8, 4) is 0 Å². The molecule has 110 valence electrons. The van der Waals surface area contributed by atoms with Crippen LogP contribution in [0.5, 0.6) is 0 Å². The number of aliphatic hydroxyl groups excluding tert-OH is 3. The van der Waals surface area contributed by atoms with E-state index in [1.165, 1.54) is 24.3 Å². The highest BCUT2D eigenvalue weighted by molar-refractivity contribution is 5.49. The number of nitro benzene ring substituents is 1. The van der Waals surface area contributed by atoms with E-state index in [1.54, 1.807) is 0 Å². The quantitative estimate of drug-likeness (QED) is 0.447. The molecule has 0 aromatic heterocycles. The summed E-state index contributed by atoms with van der Waals surface area (Å²) in [6.07, 6.45) is -3.46. The number of nitrogens with one attached hydrogen (secondary N) is 1. The third kappa shape index (κ3) is 3.23. The maximum Gasteiger partial charge on any atom is 0.269 e. The van der Waals surface area contributed by atoms with Crippen molar-refractivity contribution in [3.63, 3.8) is 0 Å². The Kier molecular flexibility index (Phi) is 4.50. The molecule has 0 bridgehead atoms. The highest BCUT2D eigenvalue weighted by Gasteiger charge is 2.36. The van der Waals surface area contributed by atoms with Gasteiger partial charge in [-0.15, -0.1) is 0 Å². The van der Waals surface area contributed by atoms with Crippen LogP contribution in [0.1, 0.15) is 6.42 Å². The Morgan fingerprint density at radius 1 is 1.35 bits per heavy atom. The van der Waals surface area contributed by atoms with Gasteiger partial charge in [0.15, 0.2) is 6.23 Å². The third-order valence-corrected chi connectivity index (χ3v) is 3.14. The Labute approximate surface area is 114 Å². The van der Waals surface area contributed by atoms with E-state index in [4.69, 9.17) is 9.84 Å². The summed E-state index contributed by atoms with van der Waals surface area (Å²) >= 11 is 0. The van der Waals surface area contributed by atoms with E-state index in [0.717, 1.165) is 0 Å². The van der Waals surface area contributed by atoms with Gasteiger partial charge in [-0.1, -0.05) is 0 Å². The molecule has 0 aliphatic carbocycles. The van der Waals surface area contributed by atoms with Crippen LogP contribution in [0.15, 0.2) is 24.3 Å². The normalized spacial score (nSPS) is 29.9. The van der Waals surface area contributed by atoms with Gasteiger partial charge in [0.2, 0.25) is 0 Å². The fourth-order valence-electron chi connectivity index (χ4n) is 2.03. The standard InChI is InChI=1S/C12H16N2O6/c15-6-9-5-10(16)11(17)12(20-9)13-7-1-3-8(4-2-7)14(18)19/h1-4,9-13,15-17H,5-6H2/t9-,10-,11-,12+/m1/s1. The maximum absolute atomic E-state index is 10.5. The van der Waals surface area contributed by atoms with Crippen LogP contribution in [0.25, 0.3) is 0 Å². The van der Waals surface area contributed by atoms with Crippen molar-refractivity contribution < 1.29 is 25.0 Å². The number of anilines is 1. The van der Waals surface area contributed by atoms with Crippen molar-refractivity contribution in [2.24, 2.45) is 0 Å². The molecule has 0 unspecified atom stereocenters. The van der Waals surface area contributed by atoms with Crippen LogP contribution in [0.4, 0.5) is 11.4 Å². The molecule has 1 aromatic rings. The van der Waals surface area contributed by atoms with Gasteiger partial charge in [-0.25, -0.2) is 0 Å². The van der Waals surface area contributed by atoms with Crippen molar-refractivity contribution in [1.82, 2.24) is 0 Å². The number of benzene rings is 1. The van der Waals surface area contributed by atoms with Gasteiger partial charge < -0.3 is 25.4 Å². The lowest BCUT2D eigenvalue weighted by molar-refractivity contribution is -0.384. The summed E-state index contributed by atoms with van der Waals surface area (Å²) in [5, 5.41) is 41.9. The van der Waals surface area contributed by atoms with Crippen molar-refractivity contribution in [1.29, 1.82) is 0 Å². The van der Waals surface area contributed by atoms with Crippen molar-refractivity contribution >= 4 is 11.4 Å². The second-order valence-electron chi connectivity index (χ2n) is 4.60. The lowest BCUT2D eigenvalue weighted by Crippen LogP contribution is -2.52. The summed E-state index contributed by atoms with van der Waals surface area (Å²) in [4.78, 5) is 10.0. The summed E-state index contributed by atoms with van der Waals surface area (Å²) in [5.74, 6) is 0. The molecule has 1 saturated heterocycles. The van der Waals surface area contributed by atoms with Crippen LogP contribution < -0.4 is 5.32 Å². The van der Waals surface area contributed by atoms with Gasteiger partial charge in [0, 0.05) is 24.2 Å². The number of hydrogen-bond acceptors (Lipinski definition) is 7. The first kappa shape index (κ1) is 14.7. The van der Waals surface area contributed by atoms with E-state index in [0.29, 0.717) is 5.69 Å². The SMILES string of the molecule is O=[N+]([O-])c1ccc(N[C@H]2O[C@@H](CO)C[C@@H](O)[C@H]2O)cc1. The minimum Gasteiger partial charge on any atom is -0.394 e. The Hall–Kier alpha value is -1.74. The molecule has 20 heavy (non-hydrogen) atoms. The molecule has 1 aromatic carbocycles. The molecule has 4 N–H and O–H groups in total. The van der Waals surface area contributed by atoms with Gasteiger partial charge in [0.1, 0.15) is 6.10 Å². The van der Waals surface area contributed by atoms with Crippen LogP contribution >= 0.6 is 0 Å². The molecule has 1 fully saturated rings. The first-order chi connectivity index (χ1) is 9.51. The topological polar surface area (TPSA) is 125 Å². The Balaban J connectivity index is 2.05. The van der Waals surface area contributed by atoms with E-state index in [2.05, 4.69) is 5.32 Å². The van der Waals surface area contributed by atoms with Crippen LogP contribution in [0.3, 0.4) is 0 Å². The highest BCUT2D eigenvalue weighted by atomic mass is 16.6. The second-order valence-corrected chi connectivity index (χ2v) is 4.60. The largest absolute Gasteiger partial charge is 0.394 e. The number of non-ortho nitro benzene ring substituents is 1. The molecule has 0 spiro atoms. The van der Waals surface area contributed by atoms with Gasteiger partial charge in [-0.05, 0) is 12.1 Å². The fraction of sp³-hybridized carbons (Fsp3) is 0.500. The average Bonchev–Trinajstić information content (AvgIpc) is 2.44. The minimum absolute atomic E-state index is 0.0473. The summed E-state index contributed by atoms with van der Waals surface area (Å²) < 4.78 is 5.39. The van der Waals surface area contributed by atoms with Crippen LogP contribution in [-0.2, 0) is 4.74 Å². The lowest BCUT2D eigenvalue weighted by atomic mass is 10.0. The van der Waals surface area contributed by atoms with Crippen LogP contribution in [0.2, 0.25) is 0 Å². The summed E-state index contributed by atoms with van der Waals surface area (Å²) in [6, 6.07) is 5.58. The average molecular weight is 284 g/mol. The number of nitro groups is 1. The molecule has 1 aliphatic heterocycles. The Morgan fingerprint density at radius 2 is 2.00 bits per heavy atom. The zero-order valence-electron chi connectivity index (χ0n) is 10.5. The molecule has 2 rings (SSSR count). The molecule has 8 nitrogen and oxygen atoms in total. The number of ether oxygens (including phenoxy) is 1. The van der Waals surface area contributed by atoms with E-state index >= 15 is 0 Å². The number of nitrogens with zero attached hydrogens (tertiary/aromatic N) is 1. The second kappa shape index (κ2) is 6.14. The van der Waals surface area contributed by atoms with Gasteiger partial charge >= 0.3 is 0 Å². The molecule has 0 radical (unpaired) electrons. The highest BCUT2D eigenvalue weighted by Crippen LogP contribution is 2.23.